The lowest BCUT2D eigenvalue weighted by Gasteiger charge is -2.46. The van der Waals surface area contributed by atoms with E-state index in [1.165, 1.54) is 29.4 Å². The van der Waals surface area contributed by atoms with Crippen molar-refractivity contribution in [1.82, 2.24) is 15.0 Å². The summed E-state index contributed by atoms with van der Waals surface area (Å²) in [5.41, 5.74) is 0.365. The number of piperidine rings is 1. The van der Waals surface area contributed by atoms with Crippen LogP contribution in [0.5, 0.6) is 6.01 Å². The molecular formula is C25H24ClF3N6O4. The van der Waals surface area contributed by atoms with Crippen molar-refractivity contribution in [3.05, 3.63) is 53.3 Å². The van der Waals surface area contributed by atoms with Crippen LogP contribution in [-0.4, -0.2) is 69.6 Å². The zero-order chi connectivity index (χ0) is 27.7. The van der Waals surface area contributed by atoms with Crippen molar-refractivity contribution in [2.45, 2.75) is 31.2 Å². The first-order valence-corrected chi connectivity index (χ1v) is 12.5. The Morgan fingerprint density at radius 2 is 2.03 bits per heavy atom. The quantitative estimate of drug-likeness (QED) is 0.411. The summed E-state index contributed by atoms with van der Waals surface area (Å²) in [5, 5.41) is 21.2. The Kier molecular flexibility index (Phi) is 7.47. The second-order valence-corrected chi connectivity index (χ2v) is 9.59. The zero-order valence-corrected chi connectivity index (χ0v) is 21.2. The molecule has 3 N–H and O–H groups in total. The normalized spacial score (nSPS) is 17.4. The number of ether oxygens (including phenoxy) is 1. The Bertz CT molecular complexity index is 1360. The van der Waals surface area contributed by atoms with Crippen molar-refractivity contribution >= 4 is 34.8 Å². The number of nitrogens with one attached hydrogen (secondary N) is 1. The van der Waals surface area contributed by atoms with Gasteiger partial charge in [-0.1, -0.05) is 23.7 Å². The van der Waals surface area contributed by atoms with Gasteiger partial charge in [0, 0.05) is 18.7 Å². The largest absolute Gasteiger partial charge is 0.461 e. The van der Waals surface area contributed by atoms with E-state index in [4.69, 9.17) is 21.4 Å². The van der Waals surface area contributed by atoms with Gasteiger partial charge < -0.3 is 25.2 Å². The highest BCUT2D eigenvalue weighted by Crippen LogP contribution is 2.43. The number of pyridine rings is 1. The van der Waals surface area contributed by atoms with Crippen molar-refractivity contribution in [2.24, 2.45) is 0 Å². The molecule has 5 rings (SSSR count). The summed E-state index contributed by atoms with van der Waals surface area (Å²) < 4.78 is 45.2. The van der Waals surface area contributed by atoms with Crippen molar-refractivity contribution in [2.75, 3.05) is 41.4 Å². The van der Waals surface area contributed by atoms with Gasteiger partial charge in [-0.2, -0.15) is 13.2 Å². The maximum atomic E-state index is 13.5. The summed E-state index contributed by atoms with van der Waals surface area (Å²) in [6.07, 6.45) is -1.42. The van der Waals surface area contributed by atoms with Gasteiger partial charge in [0.2, 0.25) is 0 Å². The van der Waals surface area contributed by atoms with Crippen molar-refractivity contribution in [3.8, 4) is 17.3 Å². The minimum Gasteiger partial charge on any atom is -0.461 e. The maximum Gasteiger partial charge on any atom is 0.416 e. The molecule has 2 atom stereocenters. The van der Waals surface area contributed by atoms with E-state index in [1.807, 2.05) is 0 Å². The Hall–Kier alpha value is -3.68. The highest BCUT2D eigenvalue weighted by molar-refractivity contribution is 6.33. The van der Waals surface area contributed by atoms with Crippen LogP contribution in [-0.2, 0) is 6.18 Å². The highest BCUT2D eigenvalue weighted by atomic mass is 35.5. The molecule has 2 amide bonds. The third-order valence-corrected chi connectivity index (χ3v) is 6.73. The fourth-order valence-electron chi connectivity index (χ4n) is 4.61. The first kappa shape index (κ1) is 26.9. The summed E-state index contributed by atoms with van der Waals surface area (Å²) in [6, 6.07) is 5.58. The Balaban J connectivity index is 1.45. The topological polar surface area (TPSA) is 124 Å². The van der Waals surface area contributed by atoms with Crippen LogP contribution in [0.2, 0.25) is 5.02 Å². The van der Waals surface area contributed by atoms with Crippen molar-refractivity contribution in [1.29, 1.82) is 0 Å². The molecule has 0 spiro atoms. The van der Waals surface area contributed by atoms with E-state index < -0.39 is 30.5 Å². The number of nitrogens with zero attached hydrogens (tertiary/aromatic N) is 5. The second-order valence-electron chi connectivity index (χ2n) is 9.18. The molecule has 0 radical (unpaired) electrons. The Labute approximate surface area is 226 Å². The molecule has 206 valence electrons. The average molecular weight is 565 g/mol. The number of hydrogen-bond acceptors (Lipinski definition) is 8. The summed E-state index contributed by atoms with van der Waals surface area (Å²) in [7, 11) is 0. The van der Waals surface area contributed by atoms with Crippen LogP contribution in [0.3, 0.4) is 0 Å². The third kappa shape index (κ3) is 5.70. The van der Waals surface area contributed by atoms with Crippen LogP contribution in [0.25, 0.3) is 11.3 Å². The highest BCUT2D eigenvalue weighted by Gasteiger charge is 2.39. The number of carbonyl (C=O) groups excluding carboxylic acids is 1. The number of aliphatic hydroxyl groups is 2. The zero-order valence-electron chi connectivity index (χ0n) is 20.4. The molecule has 14 heteroatoms. The number of carbonyl (C=O) groups is 1. The molecule has 3 aromatic rings. The average Bonchev–Trinajstić information content (AvgIpc) is 2.92. The number of fused-ring (bicyclic) bond motifs is 4. The summed E-state index contributed by atoms with van der Waals surface area (Å²) in [6.45, 7) is 0.615. The number of halogens is 4. The third-order valence-electron chi connectivity index (χ3n) is 6.44. The first-order valence-electron chi connectivity index (χ1n) is 12.1. The lowest BCUT2D eigenvalue weighted by Crippen LogP contribution is -2.56. The van der Waals surface area contributed by atoms with Gasteiger partial charge in [-0.15, -0.1) is 0 Å². The molecule has 4 heterocycles. The number of anilines is 3. The number of aliphatic hydroxyl groups excluding tert-OH is 2. The second kappa shape index (κ2) is 10.8. The minimum atomic E-state index is -4.54. The minimum absolute atomic E-state index is 0.0474. The van der Waals surface area contributed by atoms with E-state index in [0.29, 0.717) is 24.5 Å². The lowest BCUT2D eigenvalue weighted by molar-refractivity contribution is -0.137. The predicted octanol–water partition coefficient (Wildman–Crippen LogP) is 3.96. The van der Waals surface area contributed by atoms with Crippen molar-refractivity contribution in [3.63, 3.8) is 0 Å². The SMILES string of the molecule is O=C(Nc1cnc(OCC(O)CO)nc1)N1c2nc(-c3cccc(C(F)(F)F)c3)c(Cl)cc2N2CCC[C@H]1C2. The van der Waals surface area contributed by atoms with Crippen LogP contribution < -0.4 is 19.9 Å². The number of rotatable bonds is 6. The van der Waals surface area contributed by atoms with E-state index in [2.05, 4.69) is 25.2 Å². The van der Waals surface area contributed by atoms with Crippen LogP contribution >= 0.6 is 11.6 Å². The van der Waals surface area contributed by atoms with Gasteiger partial charge >= 0.3 is 18.2 Å². The van der Waals surface area contributed by atoms with Gasteiger partial charge in [0.1, 0.15) is 12.7 Å². The molecular weight excluding hydrogens is 541 g/mol. The Morgan fingerprint density at radius 3 is 2.74 bits per heavy atom. The van der Waals surface area contributed by atoms with Gasteiger partial charge in [0.05, 0.1) is 52.7 Å². The molecule has 1 fully saturated rings. The van der Waals surface area contributed by atoms with Crippen LogP contribution in [0.4, 0.5) is 35.2 Å². The number of hydrogen-bond donors (Lipinski definition) is 3. The monoisotopic (exact) mass is 564 g/mol. The number of benzene rings is 1. The molecule has 39 heavy (non-hydrogen) atoms. The van der Waals surface area contributed by atoms with Gasteiger partial charge in [0.15, 0.2) is 5.82 Å². The summed E-state index contributed by atoms with van der Waals surface area (Å²) in [4.78, 5) is 29.7. The summed E-state index contributed by atoms with van der Waals surface area (Å²) in [5.74, 6) is 0.291. The van der Waals surface area contributed by atoms with Gasteiger partial charge in [-0.25, -0.2) is 19.7 Å². The van der Waals surface area contributed by atoms with Crippen molar-refractivity contribution < 1.29 is 32.9 Å². The van der Waals surface area contributed by atoms with E-state index >= 15 is 0 Å². The molecule has 2 bridgehead atoms. The molecule has 1 aromatic carbocycles. The molecule has 2 aliphatic rings. The predicted molar refractivity (Wildman–Crippen MR) is 137 cm³/mol. The number of urea groups is 1. The lowest BCUT2D eigenvalue weighted by atomic mass is 9.99. The van der Waals surface area contributed by atoms with Crippen LogP contribution in [0.15, 0.2) is 42.7 Å². The fraction of sp³-hybridized carbons (Fsp3) is 0.360. The van der Waals surface area contributed by atoms with Crippen LogP contribution in [0.1, 0.15) is 18.4 Å². The smallest absolute Gasteiger partial charge is 0.416 e. The number of aromatic nitrogens is 3. The summed E-state index contributed by atoms with van der Waals surface area (Å²) >= 11 is 6.52. The van der Waals surface area contributed by atoms with Gasteiger partial charge in [0.25, 0.3) is 0 Å². The first-order chi connectivity index (χ1) is 18.6. The van der Waals surface area contributed by atoms with E-state index in [9.17, 15) is 23.1 Å². The van der Waals surface area contributed by atoms with E-state index in [0.717, 1.165) is 25.1 Å². The maximum absolute atomic E-state index is 13.5. The fourth-order valence-corrected chi connectivity index (χ4v) is 4.86. The Morgan fingerprint density at radius 1 is 1.26 bits per heavy atom. The number of alkyl halides is 3. The molecule has 1 unspecified atom stereocenters. The number of amides is 2. The van der Waals surface area contributed by atoms with Gasteiger partial charge in [-0.05, 0) is 31.0 Å². The molecule has 10 nitrogen and oxygen atoms in total. The molecule has 2 aromatic heterocycles. The van der Waals surface area contributed by atoms with Gasteiger partial charge in [-0.3, -0.25) is 4.90 Å². The molecule has 2 aliphatic heterocycles. The molecule has 0 saturated carbocycles. The standard InChI is InChI=1S/C25H24ClF3N6O4/c26-19-8-20-22(33-21(19)14-3-1-4-15(7-14)25(27,28)29)35(17-5-2-6-34(20)11-17)24(38)32-16-9-30-23(31-10-16)39-13-18(37)12-36/h1,3-4,7-10,17-18,36-37H,2,5-6,11-13H2,(H,32,38)/t17-,18?/m0/s1. The van der Waals surface area contributed by atoms with Crippen LogP contribution in [0, 0.1) is 0 Å². The van der Waals surface area contributed by atoms with E-state index in [-0.39, 0.29) is 40.6 Å². The molecule has 1 saturated heterocycles. The van der Waals surface area contributed by atoms with E-state index in [1.54, 1.807) is 6.07 Å². The molecule has 0 aliphatic carbocycles.